The van der Waals surface area contributed by atoms with E-state index in [1.165, 1.54) is 0 Å². The van der Waals surface area contributed by atoms with Crippen molar-refractivity contribution < 1.29 is 14.6 Å². The molecule has 2 N–H and O–H groups in total. The van der Waals surface area contributed by atoms with Gasteiger partial charge in [-0.15, -0.1) is 0 Å². The van der Waals surface area contributed by atoms with Crippen LogP contribution in [0.4, 0.5) is 0 Å². The van der Waals surface area contributed by atoms with Gasteiger partial charge in [0.15, 0.2) is 0 Å². The molecule has 0 saturated carbocycles. The lowest BCUT2D eigenvalue weighted by Gasteiger charge is -2.25. The van der Waals surface area contributed by atoms with Crippen molar-refractivity contribution in [3.05, 3.63) is 29.8 Å². The van der Waals surface area contributed by atoms with Gasteiger partial charge in [-0.05, 0) is 19.1 Å². The number of morpholine rings is 1. The molecule has 0 bridgehead atoms. The summed E-state index contributed by atoms with van der Waals surface area (Å²) in [5.41, 5.74) is 3.69. The Labute approximate surface area is 118 Å². The lowest BCUT2D eigenvalue weighted by Crippen LogP contribution is -2.42. The number of hydrogen-bond acceptors (Lipinski definition) is 5. The molecule has 0 unspecified atom stereocenters. The first-order chi connectivity index (χ1) is 9.66. The Bertz CT molecular complexity index is 496. The van der Waals surface area contributed by atoms with Gasteiger partial charge >= 0.3 is 0 Å². The molecule has 0 radical (unpaired) electrons. The molecule has 1 amide bonds. The van der Waals surface area contributed by atoms with Gasteiger partial charge in [0, 0.05) is 18.7 Å². The van der Waals surface area contributed by atoms with Gasteiger partial charge in [-0.2, -0.15) is 5.10 Å². The van der Waals surface area contributed by atoms with Crippen LogP contribution in [0.5, 0.6) is 5.75 Å². The molecule has 1 aliphatic rings. The van der Waals surface area contributed by atoms with E-state index in [0.717, 1.165) is 13.1 Å². The Balaban J connectivity index is 1.88. The highest BCUT2D eigenvalue weighted by Gasteiger charge is 2.13. The molecule has 6 nitrogen and oxygen atoms in total. The van der Waals surface area contributed by atoms with Crippen molar-refractivity contribution >= 4 is 11.6 Å². The summed E-state index contributed by atoms with van der Waals surface area (Å²) < 4.78 is 5.22. The molecule has 108 valence electrons. The van der Waals surface area contributed by atoms with Crippen molar-refractivity contribution in [1.82, 2.24) is 10.3 Å². The summed E-state index contributed by atoms with van der Waals surface area (Å²) in [6.45, 7) is 4.89. The molecule has 0 aliphatic carbocycles. The van der Waals surface area contributed by atoms with Gasteiger partial charge in [-0.1, -0.05) is 12.1 Å². The van der Waals surface area contributed by atoms with Gasteiger partial charge in [0.2, 0.25) is 0 Å². The third-order valence-electron chi connectivity index (χ3n) is 3.11. The predicted molar refractivity (Wildman–Crippen MR) is 75.7 cm³/mol. The Morgan fingerprint density at radius 1 is 1.40 bits per heavy atom. The fourth-order valence-electron chi connectivity index (χ4n) is 1.98. The number of hydrogen-bond donors (Lipinski definition) is 2. The Hall–Kier alpha value is -1.92. The number of carbonyl (C=O) groups excluding carboxylic acids is 1. The average molecular weight is 277 g/mol. The van der Waals surface area contributed by atoms with Crippen LogP contribution >= 0.6 is 0 Å². The maximum atomic E-state index is 11.8. The smallest absolute Gasteiger partial charge is 0.254 e. The molecule has 1 saturated heterocycles. The number of aromatic hydroxyl groups is 1. The van der Waals surface area contributed by atoms with Crippen LogP contribution in [0.15, 0.2) is 29.4 Å². The maximum Gasteiger partial charge on any atom is 0.254 e. The van der Waals surface area contributed by atoms with Gasteiger partial charge < -0.3 is 9.84 Å². The largest absolute Gasteiger partial charge is 0.507 e. The number of nitrogens with zero attached hydrogens (tertiary/aromatic N) is 2. The number of amides is 1. The molecule has 1 aromatic carbocycles. The number of para-hydroxylation sites is 1. The van der Waals surface area contributed by atoms with E-state index in [1.807, 2.05) is 11.0 Å². The van der Waals surface area contributed by atoms with Crippen LogP contribution in [-0.4, -0.2) is 54.5 Å². The normalized spacial score (nSPS) is 16.9. The lowest BCUT2D eigenvalue weighted by molar-refractivity contribution is -0.123. The highest BCUT2D eigenvalue weighted by atomic mass is 16.5. The Morgan fingerprint density at radius 2 is 2.10 bits per heavy atom. The molecule has 6 heteroatoms. The second-order valence-electron chi connectivity index (χ2n) is 4.64. The van der Waals surface area contributed by atoms with E-state index in [1.54, 1.807) is 25.1 Å². The number of nitrogens with one attached hydrogen (secondary N) is 1. The predicted octanol–water partition coefficient (Wildman–Crippen LogP) is 0.565. The van der Waals surface area contributed by atoms with Crippen molar-refractivity contribution in [1.29, 1.82) is 0 Å². The van der Waals surface area contributed by atoms with Gasteiger partial charge in [0.25, 0.3) is 5.91 Å². The summed E-state index contributed by atoms with van der Waals surface area (Å²) in [4.78, 5) is 13.8. The maximum absolute atomic E-state index is 11.8. The number of phenols is 1. The van der Waals surface area contributed by atoms with Crippen LogP contribution in [-0.2, 0) is 9.53 Å². The standard InChI is InChI=1S/C14H19N3O3/c1-11(12-4-2-3-5-13(12)18)15-16-14(19)10-17-6-8-20-9-7-17/h2-5,18H,6-10H2,1H3,(H,16,19)/b15-11+. The minimum atomic E-state index is -0.165. The number of carbonyl (C=O) groups is 1. The van der Waals surface area contributed by atoms with Crippen molar-refractivity contribution in [2.75, 3.05) is 32.8 Å². The number of rotatable bonds is 4. The minimum Gasteiger partial charge on any atom is -0.507 e. The molecular weight excluding hydrogens is 258 g/mol. The zero-order chi connectivity index (χ0) is 14.4. The quantitative estimate of drug-likeness (QED) is 0.623. The molecule has 0 spiro atoms. The van der Waals surface area contributed by atoms with Crippen LogP contribution in [0, 0.1) is 0 Å². The molecule has 1 aromatic rings. The van der Waals surface area contributed by atoms with Crippen LogP contribution in [0.1, 0.15) is 12.5 Å². The van der Waals surface area contributed by atoms with Crippen molar-refractivity contribution in [3.8, 4) is 5.75 Å². The summed E-state index contributed by atoms with van der Waals surface area (Å²) in [5.74, 6) is -0.0159. The lowest BCUT2D eigenvalue weighted by atomic mass is 10.1. The van der Waals surface area contributed by atoms with E-state index in [4.69, 9.17) is 4.74 Å². The topological polar surface area (TPSA) is 74.2 Å². The van der Waals surface area contributed by atoms with Crippen LogP contribution in [0.25, 0.3) is 0 Å². The van der Waals surface area contributed by atoms with Gasteiger partial charge in [0.05, 0.1) is 25.5 Å². The zero-order valence-corrected chi connectivity index (χ0v) is 11.5. The number of phenolic OH excluding ortho intramolecular Hbond substituents is 1. The second kappa shape index (κ2) is 7.02. The number of ether oxygens (including phenoxy) is 1. The summed E-state index contributed by atoms with van der Waals surface area (Å²) in [7, 11) is 0. The van der Waals surface area contributed by atoms with E-state index >= 15 is 0 Å². The average Bonchev–Trinajstić information content (AvgIpc) is 2.46. The summed E-state index contributed by atoms with van der Waals surface area (Å²) in [6, 6.07) is 6.89. The summed E-state index contributed by atoms with van der Waals surface area (Å²) >= 11 is 0. The van der Waals surface area contributed by atoms with E-state index < -0.39 is 0 Å². The van der Waals surface area contributed by atoms with E-state index in [0.29, 0.717) is 31.0 Å². The minimum absolute atomic E-state index is 0.149. The molecule has 1 aliphatic heterocycles. The van der Waals surface area contributed by atoms with E-state index in [-0.39, 0.29) is 11.7 Å². The van der Waals surface area contributed by atoms with Gasteiger partial charge in [0.1, 0.15) is 5.75 Å². The van der Waals surface area contributed by atoms with Crippen molar-refractivity contribution in [2.24, 2.45) is 5.10 Å². The highest BCUT2D eigenvalue weighted by molar-refractivity contribution is 6.01. The molecule has 0 atom stereocenters. The number of benzene rings is 1. The molecule has 2 rings (SSSR count). The third-order valence-corrected chi connectivity index (χ3v) is 3.11. The monoisotopic (exact) mass is 277 g/mol. The number of hydrazone groups is 1. The first kappa shape index (κ1) is 14.5. The summed E-state index contributed by atoms with van der Waals surface area (Å²) in [6.07, 6.45) is 0. The fourth-order valence-corrected chi connectivity index (χ4v) is 1.98. The van der Waals surface area contributed by atoms with Crippen LogP contribution < -0.4 is 5.43 Å². The van der Waals surface area contributed by atoms with Gasteiger partial charge in [-0.3, -0.25) is 9.69 Å². The zero-order valence-electron chi connectivity index (χ0n) is 11.5. The first-order valence-electron chi connectivity index (χ1n) is 6.58. The molecule has 0 aromatic heterocycles. The van der Waals surface area contributed by atoms with Gasteiger partial charge in [-0.25, -0.2) is 5.43 Å². The SMILES string of the molecule is C/C(=N\NC(=O)CN1CCOCC1)c1ccccc1O. The molecule has 20 heavy (non-hydrogen) atoms. The highest BCUT2D eigenvalue weighted by Crippen LogP contribution is 2.16. The van der Waals surface area contributed by atoms with E-state index in [2.05, 4.69) is 10.5 Å². The third kappa shape index (κ3) is 4.04. The van der Waals surface area contributed by atoms with Crippen LogP contribution in [0.3, 0.4) is 0 Å². The molecular formula is C14H19N3O3. The first-order valence-corrected chi connectivity index (χ1v) is 6.58. The molecule has 1 fully saturated rings. The fraction of sp³-hybridized carbons (Fsp3) is 0.429. The second-order valence-corrected chi connectivity index (χ2v) is 4.64. The van der Waals surface area contributed by atoms with Crippen molar-refractivity contribution in [2.45, 2.75) is 6.92 Å². The van der Waals surface area contributed by atoms with E-state index in [9.17, 15) is 9.90 Å². The summed E-state index contributed by atoms with van der Waals surface area (Å²) in [5, 5.41) is 13.7. The Morgan fingerprint density at radius 3 is 2.80 bits per heavy atom. The molecule has 1 heterocycles. The van der Waals surface area contributed by atoms with Crippen molar-refractivity contribution in [3.63, 3.8) is 0 Å². The Kier molecular flexibility index (Phi) is 5.09. The van der Waals surface area contributed by atoms with Crippen LogP contribution in [0.2, 0.25) is 0 Å².